The van der Waals surface area contributed by atoms with Gasteiger partial charge in [0.05, 0.1) is 35.2 Å². The fourth-order valence-corrected chi connectivity index (χ4v) is 13.1. The summed E-state index contributed by atoms with van der Waals surface area (Å²) in [5.74, 6) is 1.79. The summed E-state index contributed by atoms with van der Waals surface area (Å²) >= 11 is 1.41. The number of piperazine rings is 1. The molecule has 8 heterocycles. The van der Waals surface area contributed by atoms with E-state index in [4.69, 9.17) is 14.5 Å². The Kier molecular flexibility index (Phi) is 15.4. The number of rotatable bonds is 16. The van der Waals surface area contributed by atoms with Crippen LogP contribution >= 0.6 is 11.3 Å². The third-order valence-corrected chi connectivity index (χ3v) is 19.2. The number of carbonyl (C=O) groups excluding carboxylic acids is 2. The van der Waals surface area contributed by atoms with Crippen LogP contribution in [0.4, 0.5) is 22.0 Å². The number of hydrogen-bond acceptors (Lipinski definition) is 18. The number of hydrogen-bond donors (Lipinski definition) is 3. The summed E-state index contributed by atoms with van der Waals surface area (Å²) in [5, 5.41) is 17.2. The Labute approximate surface area is 447 Å². The van der Waals surface area contributed by atoms with Crippen molar-refractivity contribution < 1.29 is 31.9 Å². The molecule has 4 fully saturated rings. The van der Waals surface area contributed by atoms with Gasteiger partial charge in [-0.25, -0.2) is 37.7 Å². The first-order valence-corrected chi connectivity index (χ1v) is 28.7. The molecule has 6 aromatic rings. The number of amides is 1. The normalized spacial score (nSPS) is 20.6. The fourth-order valence-electron chi connectivity index (χ4n) is 10.9. The average molecular weight is 1080 g/mol. The van der Waals surface area contributed by atoms with E-state index >= 15 is 0 Å². The Bertz CT molecular complexity index is 3150. The minimum absolute atomic E-state index is 0.0324. The Balaban J connectivity index is 0.689. The lowest BCUT2D eigenvalue weighted by Crippen LogP contribution is -2.61. The quantitative estimate of drug-likeness (QED) is 0.0652. The zero-order chi connectivity index (χ0) is 53.4. The molecule has 19 nitrogen and oxygen atoms in total. The van der Waals surface area contributed by atoms with Gasteiger partial charge in [0.1, 0.15) is 52.5 Å². The van der Waals surface area contributed by atoms with Crippen LogP contribution in [0.5, 0.6) is 11.5 Å². The lowest BCUT2D eigenvalue weighted by atomic mass is 9.71. The molecular formula is C54H68FN13O6S2. The number of sulfone groups is 1. The Morgan fingerprint density at radius 3 is 2.37 bits per heavy atom. The van der Waals surface area contributed by atoms with E-state index in [-0.39, 0.29) is 59.1 Å². The number of H-pyrrole nitrogens is 1. The molecule has 3 N–H and O–H groups in total. The van der Waals surface area contributed by atoms with Crippen LogP contribution in [0.3, 0.4) is 0 Å². The lowest BCUT2D eigenvalue weighted by molar-refractivity contribution is -0.134. The predicted octanol–water partition coefficient (Wildman–Crippen LogP) is 7.07. The van der Waals surface area contributed by atoms with Crippen LogP contribution in [-0.2, 0) is 14.6 Å². The third kappa shape index (κ3) is 11.4. The Morgan fingerprint density at radius 1 is 0.934 bits per heavy atom. The van der Waals surface area contributed by atoms with E-state index in [9.17, 15) is 22.4 Å². The number of aryl methyl sites for hydroxylation is 1. The first-order valence-electron chi connectivity index (χ1n) is 26.3. The van der Waals surface area contributed by atoms with Crippen LogP contribution in [0.15, 0.2) is 65.4 Å². The van der Waals surface area contributed by atoms with Gasteiger partial charge in [-0.15, -0.1) is 11.3 Å². The SMILES string of the molecule is Cc1[nH]nc(Nc2ncnc3cc(OCCOc4cnc(N5CCC6(CCN(C[C@H]7CN[C@H](C)CN7CC(=O)N7CCC[C@H]7c7nc(C(=O)c8ccc(F)cc8)cs7)CC6)CC5)nc4)c(S(=O)(=O)C(C)(C)C)cc23)c1C. The number of ether oxygens (including phenoxy) is 2. The second kappa shape index (κ2) is 22.0. The van der Waals surface area contributed by atoms with Crippen LogP contribution in [-0.4, -0.2) is 159 Å². The summed E-state index contributed by atoms with van der Waals surface area (Å²) in [6.07, 6.45) is 10.8. The molecule has 0 aliphatic carbocycles. The second-order valence-electron chi connectivity index (χ2n) is 21.8. The van der Waals surface area contributed by atoms with Gasteiger partial charge in [0, 0.05) is 85.0 Å². The van der Waals surface area contributed by atoms with Gasteiger partial charge in [0.15, 0.2) is 21.4 Å². The molecule has 10 rings (SSSR count). The number of halogens is 1. The maximum atomic E-state index is 14.1. The van der Waals surface area contributed by atoms with E-state index in [0.29, 0.717) is 58.6 Å². The van der Waals surface area contributed by atoms with Crippen molar-refractivity contribution in [3.63, 3.8) is 0 Å². The Morgan fingerprint density at radius 2 is 1.66 bits per heavy atom. The highest BCUT2D eigenvalue weighted by molar-refractivity contribution is 7.92. The van der Waals surface area contributed by atoms with Gasteiger partial charge in [-0.3, -0.25) is 19.6 Å². The lowest BCUT2D eigenvalue weighted by Gasteiger charge is -2.48. The number of nitrogens with one attached hydrogen (secondary N) is 3. The van der Waals surface area contributed by atoms with Crippen LogP contribution in [0.25, 0.3) is 10.9 Å². The number of anilines is 3. The van der Waals surface area contributed by atoms with E-state index in [0.717, 1.165) is 101 Å². The molecule has 4 aliphatic heterocycles. The van der Waals surface area contributed by atoms with Crippen molar-refractivity contribution in [1.82, 2.24) is 55.1 Å². The predicted molar refractivity (Wildman–Crippen MR) is 289 cm³/mol. The molecular weight excluding hydrogens is 1010 g/mol. The molecule has 0 radical (unpaired) electrons. The van der Waals surface area contributed by atoms with Crippen molar-refractivity contribution in [3.05, 3.63) is 93.8 Å². The topological polar surface area (TPSA) is 217 Å². The Hall–Kier alpha value is -6.20. The van der Waals surface area contributed by atoms with E-state index in [2.05, 4.69) is 62.4 Å². The molecule has 4 aliphatic rings. The molecule has 0 saturated carbocycles. The number of ketones is 1. The number of carbonyl (C=O) groups is 2. The smallest absolute Gasteiger partial charge is 0.237 e. The highest BCUT2D eigenvalue weighted by Crippen LogP contribution is 2.43. The van der Waals surface area contributed by atoms with Gasteiger partial charge in [-0.05, 0) is 129 Å². The van der Waals surface area contributed by atoms with Crippen molar-refractivity contribution in [3.8, 4) is 11.5 Å². The molecule has 0 unspecified atom stereocenters. The minimum Gasteiger partial charge on any atom is -0.489 e. The van der Waals surface area contributed by atoms with Crippen LogP contribution in [0.2, 0.25) is 0 Å². The maximum absolute atomic E-state index is 14.1. The molecule has 2 aromatic carbocycles. The number of piperidine rings is 2. The molecule has 404 valence electrons. The number of nitrogens with zero attached hydrogens (tertiary/aromatic N) is 10. The van der Waals surface area contributed by atoms with Gasteiger partial charge in [-0.2, -0.15) is 5.10 Å². The standard InChI is InChI=1S/C54H68FN13O6S2/c1-34-29-67(31-47(69)68-17-7-8-44(68)51-61-43(32-75-51)48(70)37-9-11-38(55)12-10-37)39(26-56-34)30-65-18-13-54(14-19-65)15-20-66(21-16-54)52-57-27-40(28-58-52)73-22-23-74-45-25-42-41(24-46(45)76(71,72)53(4,5)6)50(60-33-59-42)62-49-35(2)36(3)63-64-49/h9-12,24-25,27-28,32-34,39,44,56H,7-8,13-23,26,29-31H2,1-6H3,(H2,59,60,62,63,64)/t34-,39-,44+/m1/s1. The molecule has 22 heteroatoms. The number of likely N-dealkylation sites (tertiary alicyclic amines) is 2. The van der Waals surface area contributed by atoms with Crippen LogP contribution < -0.4 is 25.0 Å². The summed E-state index contributed by atoms with van der Waals surface area (Å²) < 4.78 is 52.4. The number of aromatic amines is 1. The van der Waals surface area contributed by atoms with Gasteiger partial charge < -0.3 is 34.8 Å². The second-order valence-corrected chi connectivity index (χ2v) is 25.4. The highest BCUT2D eigenvalue weighted by atomic mass is 32.2. The first-order chi connectivity index (χ1) is 36.4. The minimum atomic E-state index is -3.86. The van der Waals surface area contributed by atoms with E-state index in [1.54, 1.807) is 50.7 Å². The summed E-state index contributed by atoms with van der Waals surface area (Å²) in [6, 6.07) is 9.02. The maximum Gasteiger partial charge on any atom is 0.237 e. The van der Waals surface area contributed by atoms with E-state index in [1.165, 1.54) is 41.9 Å². The average Bonchev–Trinajstić information content (AvgIpc) is 4.19. The summed E-state index contributed by atoms with van der Waals surface area (Å²) in [7, 11) is -3.86. The fraction of sp³-hybridized carbons (Fsp3) is 0.519. The van der Waals surface area contributed by atoms with Crippen molar-refractivity contribution in [2.45, 2.75) is 108 Å². The number of benzene rings is 2. The van der Waals surface area contributed by atoms with E-state index < -0.39 is 20.4 Å². The molecule has 1 amide bonds. The van der Waals surface area contributed by atoms with Crippen molar-refractivity contribution in [1.29, 1.82) is 0 Å². The van der Waals surface area contributed by atoms with Crippen LogP contribution in [0.1, 0.15) is 105 Å². The van der Waals surface area contributed by atoms with Gasteiger partial charge in [0.2, 0.25) is 17.6 Å². The monoisotopic (exact) mass is 1080 g/mol. The molecule has 0 bridgehead atoms. The van der Waals surface area contributed by atoms with Crippen molar-refractivity contribution in [2.24, 2.45) is 5.41 Å². The summed E-state index contributed by atoms with van der Waals surface area (Å²) in [5.41, 5.74) is 3.32. The van der Waals surface area contributed by atoms with Crippen LogP contribution in [0, 0.1) is 25.1 Å². The number of fused-ring (bicyclic) bond motifs is 1. The van der Waals surface area contributed by atoms with Gasteiger partial charge in [-0.1, -0.05) is 0 Å². The first kappa shape index (κ1) is 53.2. The van der Waals surface area contributed by atoms with Crippen molar-refractivity contribution in [2.75, 3.05) is 82.3 Å². The number of thiazole rings is 1. The van der Waals surface area contributed by atoms with Crippen molar-refractivity contribution >= 4 is 61.4 Å². The molecule has 4 saturated heterocycles. The zero-order valence-corrected chi connectivity index (χ0v) is 45.8. The number of aromatic nitrogens is 7. The summed E-state index contributed by atoms with van der Waals surface area (Å²) in [4.78, 5) is 59.3. The summed E-state index contributed by atoms with van der Waals surface area (Å²) in [6.45, 7) is 18.5. The molecule has 1 spiro atoms. The zero-order valence-electron chi connectivity index (χ0n) is 44.1. The van der Waals surface area contributed by atoms with E-state index in [1.807, 2.05) is 18.7 Å². The molecule has 3 atom stereocenters. The molecule has 4 aromatic heterocycles. The highest BCUT2D eigenvalue weighted by Gasteiger charge is 2.41. The largest absolute Gasteiger partial charge is 0.489 e. The van der Waals surface area contributed by atoms with Gasteiger partial charge >= 0.3 is 0 Å². The third-order valence-electron chi connectivity index (χ3n) is 15.8. The van der Waals surface area contributed by atoms with Gasteiger partial charge in [0.25, 0.3) is 0 Å². The molecule has 76 heavy (non-hydrogen) atoms.